The lowest BCUT2D eigenvalue weighted by Gasteiger charge is -2.13. The molecule has 1 amide bonds. The highest BCUT2D eigenvalue weighted by Gasteiger charge is 2.13. The zero-order valence-electron chi connectivity index (χ0n) is 12.6. The van der Waals surface area contributed by atoms with Crippen molar-refractivity contribution in [1.82, 2.24) is 15.4 Å². The number of carbonyl (C=O) groups is 1. The van der Waals surface area contributed by atoms with Gasteiger partial charge >= 0.3 is 5.91 Å². The Hall–Kier alpha value is -3.69. The van der Waals surface area contributed by atoms with E-state index in [4.69, 9.17) is 10.2 Å². The Morgan fingerprint density at radius 2 is 1.96 bits per heavy atom. The van der Waals surface area contributed by atoms with Crippen LogP contribution in [-0.2, 0) is 0 Å². The molecule has 8 nitrogen and oxygen atoms in total. The van der Waals surface area contributed by atoms with Crippen LogP contribution in [-0.4, -0.2) is 15.9 Å². The number of carbonyl (C=O) groups excluding carboxylic acids is 1. The second kappa shape index (κ2) is 6.83. The van der Waals surface area contributed by atoms with E-state index in [9.17, 15) is 13.6 Å². The lowest BCUT2D eigenvalue weighted by Crippen LogP contribution is -2.30. The van der Waals surface area contributed by atoms with Crippen LogP contribution < -0.4 is 21.9 Å². The van der Waals surface area contributed by atoms with Gasteiger partial charge in [0, 0.05) is 6.07 Å². The summed E-state index contributed by atoms with van der Waals surface area (Å²) >= 11 is 0. The van der Waals surface area contributed by atoms with E-state index in [1.807, 2.05) is 0 Å². The number of hydrogen-bond acceptors (Lipinski definition) is 7. The Morgan fingerprint density at radius 3 is 2.72 bits per heavy atom. The van der Waals surface area contributed by atoms with Crippen molar-refractivity contribution in [3.63, 3.8) is 0 Å². The molecule has 0 bridgehead atoms. The van der Waals surface area contributed by atoms with Crippen LogP contribution in [0.15, 0.2) is 47.3 Å². The Labute approximate surface area is 140 Å². The monoisotopic (exact) mass is 346 g/mol. The fourth-order valence-electron chi connectivity index (χ4n) is 1.90. The summed E-state index contributed by atoms with van der Waals surface area (Å²) < 4.78 is 31.9. The molecule has 0 radical (unpaired) electrons. The molecule has 2 aromatic heterocycles. The van der Waals surface area contributed by atoms with E-state index in [1.165, 1.54) is 12.3 Å². The van der Waals surface area contributed by atoms with Crippen molar-refractivity contribution in [2.75, 3.05) is 16.5 Å². The number of furan rings is 1. The van der Waals surface area contributed by atoms with E-state index < -0.39 is 17.5 Å². The van der Waals surface area contributed by atoms with E-state index in [-0.39, 0.29) is 28.8 Å². The molecular formula is C15H12F2N6O2. The molecule has 0 saturated heterocycles. The van der Waals surface area contributed by atoms with Gasteiger partial charge < -0.3 is 15.5 Å². The summed E-state index contributed by atoms with van der Waals surface area (Å²) in [4.78, 5) is 19.5. The minimum atomic E-state index is -0.681. The molecule has 10 heteroatoms. The lowest BCUT2D eigenvalue weighted by molar-refractivity contribution is 0.0935. The number of nitrogen functional groups attached to an aromatic ring is 1. The first-order valence-electron chi connectivity index (χ1n) is 6.97. The van der Waals surface area contributed by atoms with Crippen molar-refractivity contribution >= 4 is 28.9 Å². The summed E-state index contributed by atoms with van der Waals surface area (Å²) in [7, 11) is 0. The Morgan fingerprint density at radius 1 is 1.16 bits per heavy atom. The van der Waals surface area contributed by atoms with Crippen LogP contribution >= 0.6 is 0 Å². The molecule has 2 heterocycles. The summed E-state index contributed by atoms with van der Waals surface area (Å²) in [6.07, 6.45) is 2.49. The first-order valence-corrected chi connectivity index (χ1v) is 6.97. The number of hydrazine groups is 1. The SMILES string of the molecule is Nc1c(NNC(=O)c2ccco2)ncnc1Nc1cc(F)ccc1F. The van der Waals surface area contributed by atoms with Gasteiger partial charge in [0.25, 0.3) is 0 Å². The Kier molecular flexibility index (Phi) is 4.42. The molecule has 0 aliphatic carbocycles. The van der Waals surface area contributed by atoms with Crippen molar-refractivity contribution < 1.29 is 18.0 Å². The van der Waals surface area contributed by atoms with Gasteiger partial charge in [-0.25, -0.2) is 18.7 Å². The lowest BCUT2D eigenvalue weighted by atomic mass is 10.3. The molecule has 0 saturated carbocycles. The van der Waals surface area contributed by atoms with Gasteiger partial charge in [-0.1, -0.05) is 0 Å². The maximum Gasteiger partial charge on any atom is 0.305 e. The number of rotatable bonds is 5. The fraction of sp³-hybridized carbons (Fsp3) is 0. The third-order valence-electron chi connectivity index (χ3n) is 3.10. The van der Waals surface area contributed by atoms with Gasteiger partial charge in [-0.2, -0.15) is 0 Å². The van der Waals surface area contributed by atoms with Crippen LogP contribution in [0.1, 0.15) is 10.6 Å². The van der Waals surface area contributed by atoms with Crippen LogP contribution in [0.4, 0.5) is 31.8 Å². The number of benzene rings is 1. The van der Waals surface area contributed by atoms with Crippen molar-refractivity contribution in [3.8, 4) is 0 Å². The van der Waals surface area contributed by atoms with Gasteiger partial charge in [-0.05, 0) is 24.3 Å². The topological polar surface area (TPSA) is 118 Å². The zero-order chi connectivity index (χ0) is 17.8. The van der Waals surface area contributed by atoms with E-state index >= 15 is 0 Å². The van der Waals surface area contributed by atoms with E-state index in [1.54, 1.807) is 6.07 Å². The number of amides is 1. The molecule has 5 N–H and O–H groups in total. The average molecular weight is 346 g/mol. The smallest absolute Gasteiger partial charge is 0.305 e. The fourth-order valence-corrected chi connectivity index (χ4v) is 1.90. The highest BCUT2D eigenvalue weighted by molar-refractivity contribution is 5.92. The number of aromatic nitrogens is 2. The minimum Gasteiger partial charge on any atom is -0.459 e. The first-order chi connectivity index (χ1) is 12.0. The van der Waals surface area contributed by atoms with Crippen LogP contribution in [0.2, 0.25) is 0 Å². The van der Waals surface area contributed by atoms with Gasteiger partial charge in [0.2, 0.25) is 0 Å². The third kappa shape index (κ3) is 3.63. The molecule has 3 rings (SSSR count). The molecule has 0 atom stereocenters. The summed E-state index contributed by atoms with van der Waals surface area (Å²) in [6.45, 7) is 0. The number of nitrogens with zero attached hydrogens (tertiary/aromatic N) is 2. The molecule has 0 spiro atoms. The van der Waals surface area contributed by atoms with Gasteiger partial charge in [0.15, 0.2) is 17.4 Å². The summed E-state index contributed by atoms with van der Waals surface area (Å²) in [5.74, 6) is -1.67. The second-order valence-corrected chi connectivity index (χ2v) is 4.79. The molecule has 0 aliphatic heterocycles. The molecule has 25 heavy (non-hydrogen) atoms. The standard InChI is InChI=1S/C15H12F2N6O2/c16-8-3-4-9(17)10(6-8)21-13-12(18)14(20-7-19-13)22-23-15(24)11-2-1-5-25-11/h1-7H,18H2,(H,23,24)(H2,19,20,21,22). The number of halogens is 2. The normalized spacial score (nSPS) is 10.3. The Bertz CT molecular complexity index is 901. The number of nitrogens with two attached hydrogens (primary N) is 1. The van der Waals surface area contributed by atoms with Crippen LogP contribution in [0.3, 0.4) is 0 Å². The van der Waals surface area contributed by atoms with Crippen molar-refractivity contribution in [2.24, 2.45) is 0 Å². The quantitative estimate of drug-likeness (QED) is 0.524. The number of hydrogen-bond donors (Lipinski definition) is 4. The molecule has 0 unspecified atom stereocenters. The molecule has 3 aromatic rings. The van der Waals surface area contributed by atoms with E-state index in [0.717, 1.165) is 24.5 Å². The molecule has 128 valence electrons. The molecular weight excluding hydrogens is 334 g/mol. The van der Waals surface area contributed by atoms with Crippen molar-refractivity contribution in [3.05, 3.63) is 60.3 Å². The minimum absolute atomic E-state index is 0.00842. The van der Waals surface area contributed by atoms with Crippen molar-refractivity contribution in [1.29, 1.82) is 0 Å². The molecule has 0 fully saturated rings. The van der Waals surface area contributed by atoms with Crippen LogP contribution in [0.25, 0.3) is 0 Å². The number of anilines is 4. The highest BCUT2D eigenvalue weighted by atomic mass is 19.1. The predicted molar refractivity (Wildman–Crippen MR) is 85.9 cm³/mol. The van der Waals surface area contributed by atoms with E-state index in [2.05, 4.69) is 26.1 Å². The maximum absolute atomic E-state index is 13.7. The first kappa shape index (κ1) is 16.2. The summed E-state index contributed by atoms with van der Waals surface area (Å²) in [5, 5.41) is 2.57. The third-order valence-corrected chi connectivity index (χ3v) is 3.10. The summed E-state index contributed by atoms with van der Waals surface area (Å²) in [5.41, 5.74) is 10.6. The Balaban J connectivity index is 1.75. The van der Waals surface area contributed by atoms with Crippen molar-refractivity contribution in [2.45, 2.75) is 0 Å². The second-order valence-electron chi connectivity index (χ2n) is 4.79. The van der Waals surface area contributed by atoms with Gasteiger partial charge in [-0.15, -0.1) is 0 Å². The molecule has 0 aliphatic rings. The van der Waals surface area contributed by atoms with Gasteiger partial charge in [-0.3, -0.25) is 15.6 Å². The molecule has 1 aromatic carbocycles. The largest absolute Gasteiger partial charge is 0.459 e. The van der Waals surface area contributed by atoms with Crippen LogP contribution in [0.5, 0.6) is 0 Å². The zero-order valence-corrected chi connectivity index (χ0v) is 12.6. The van der Waals surface area contributed by atoms with Crippen LogP contribution in [0, 0.1) is 11.6 Å². The average Bonchev–Trinajstić information content (AvgIpc) is 3.13. The van der Waals surface area contributed by atoms with E-state index in [0.29, 0.717) is 0 Å². The predicted octanol–water partition coefficient (Wildman–Crippen LogP) is 2.43. The summed E-state index contributed by atoms with van der Waals surface area (Å²) in [6, 6.07) is 5.95. The highest BCUT2D eigenvalue weighted by Crippen LogP contribution is 2.27. The maximum atomic E-state index is 13.7. The van der Waals surface area contributed by atoms with Gasteiger partial charge in [0.1, 0.15) is 23.6 Å². The van der Waals surface area contributed by atoms with Gasteiger partial charge in [0.05, 0.1) is 12.0 Å². The number of nitrogens with one attached hydrogen (secondary N) is 3.